The zero-order valence-electron chi connectivity index (χ0n) is 22.4. The monoisotopic (exact) mass is 549 g/mol. The molecular formula is C29H30F3N7O. The number of imidazole rings is 1. The van der Waals surface area contributed by atoms with Gasteiger partial charge in [0.1, 0.15) is 5.82 Å². The average molecular weight is 550 g/mol. The van der Waals surface area contributed by atoms with Gasteiger partial charge in [-0.15, -0.1) is 0 Å². The van der Waals surface area contributed by atoms with Crippen LogP contribution in [0.15, 0.2) is 48.9 Å². The number of carbonyl (C=O) groups is 1. The van der Waals surface area contributed by atoms with Gasteiger partial charge in [0.2, 0.25) is 0 Å². The third kappa shape index (κ3) is 4.58. The molecule has 1 aromatic carbocycles. The highest BCUT2D eigenvalue weighted by atomic mass is 19.3. The van der Waals surface area contributed by atoms with Crippen molar-refractivity contribution in [3.05, 3.63) is 77.0 Å². The number of nitrogens with one attached hydrogen (secondary N) is 3. The van der Waals surface area contributed by atoms with E-state index in [1.54, 1.807) is 6.07 Å². The number of rotatable bonds is 6. The first-order chi connectivity index (χ1) is 19.1. The van der Waals surface area contributed by atoms with Gasteiger partial charge in [0.25, 0.3) is 12.3 Å². The van der Waals surface area contributed by atoms with Gasteiger partial charge in [-0.1, -0.05) is 26.0 Å². The third-order valence-electron chi connectivity index (χ3n) is 7.88. The molecule has 3 aromatic heterocycles. The van der Waals surface area contributed by atoms with E-state index in [4.69, 9.17) is 0 Å². The van der Waals surface area contributed by atoms with Crippen LogP contribution in [0.5, 0.6) is 0 Å². The van der Waals surface area contributed by atoms with E-state index >= 15 is 0 Å². The fraction of sp³-hybridized carbons (Fsp3) is 0.345. The lowest BCUT2D eigenvalue weighted by Gasteiger charge is -2.44. The van der Waals surface area contributed by atoms with E-state index in [1.165, 1.54) is 16.8 Å². The summed E-state index contributed by atoms with van der Waals surface area (Å²) < 4.78 is 42.4. The van der Waals surface area contributed by atoms with E-state index in [-0.39, 0.29) is 23.5 Å². The number of fused-ring (bicyclic) bond motifs is 2. The maximum absolute atomic E-state index is 14.7. The SMILES string of the molecule is CN1CNC(Cc2ccc(Nc3ccc(-c4cnc5c(F)c(C(F)F)ccn45)c4c3C(=O)NC4)nc2)C(C)(C)C1. The smallest absolute Gasteiger partial charge is 0.266 e. The molecule has 1 amide bonds. The number of aromatic nitrogens is 3. The fourth-order valence-corrected chi connectivity index (χ4v) is 5.84. The minimum atomic E-state index is -2.94. The number of hydrogen-bond donors (Lipinski definition) is 3. The number of pyridine rings is 2. The maximum atomic E-state index is 14.7. The van der Waals surface area contributed by atoms with E-state index in [0.717, 1.165) is 31.3 Å². The zero-order chi connectivity index (χ0) is 28.2. The molecule has 6 rings (SSSR count). The van der Waals surface area contributed by atoms with Gasteiger partial charge in [-0.25, -0.2) is 23.1 Å². The van der Waals surface area contributed by atoms with Crippen molar-refractivity contribution in [3.63, 3.8) is 0 Å². The second-order valence-corrected chi connectivity index (χ2v) is 11.2. The van der Waals surface area contributed by atoms with Crippen molar-refractivity contribution in [1.29, 1.82) is 0 Å². The van der Waals surface area contributed by atoms with Crippen LogP contribution in [-0.2, 0) is 13.0 Å². The number of halogens is 3. The molecule has 0 radical (unpaired) electrons. The number of alkyl halides is 2. The molecular weight excluding hydrogens is 519 g/mol. The lowest BCUT2D eigenvalue weighted by molar-refractivity contribution is 0.0870. The molecule has 2 aliphatic rings. The summed E-state index contributed by atoms with van der Waals surface area (Å²) in [5.74, 6) is -0.700. The predicted octanol–water partition coefficient (Wildman–Crippen LogP) is 4.89. The van der Waals surface area contributed by atoms with Crippen molar-refractivity contribution in [3.8, 4) is 11.3 Å². The van der Waals surface area contributed by atoms with Crippen LogP contribution < -0.4 is 16.0 Å². The Balaban J connectivity index is 1.27. The zero-order valence-corrected chi connectivity index (χ0v) is 22.4. The van der Waals surface area contributed by atoms with Crippen molar-refractivity contribution in [2.45, 2.75) is 39.3 Å². The average Bonchev–Trinajstić information content (AvgIpc) is 3.51. The molecule has 0 bridgehead atoms. The lowest BCUT2D eigenvalue weighted by Crippen LogP contribution is -2.57. The van der Waals surface area contributed by atoms with E-state index in [1.807, 2.05) is 24.4 Å². The summed E-state index contributed by atoms with van der Waals surface area (Å²) >= 11 is 0. The van der Waals surface area contributed by atoms with E-state index in [2.05, 4.69) is 51.7 Å². The summed E-state index contributed by atoms with van der Waals surface area (Å²) in [5.41, 5.74) is 3.27. The Bertz CT molecular complexity index is 1600. The van der Waals surface area contributed by atoms with Crippen LogP contribution >= 0.6 is 0 Å². The second-order valence-electron chi connectivity index (χ2n) is 11.2. The molecule has 0 aliphatic carbocycles. The summed E-state index contributed by atoms with van der Waals surface area (Å²) in [6, 6.07) is 8.91. The number of amides is 1. The first-order valence-electron chi connectivity index (χ1n) is 13.1. The number of hydrogen-bond acceptors (Lipinski definition) is 6. The Kier molecular flexibility index (Phi) is 6.50. The van der Waals surface area contributed by atoms with Crippen LogP contribution in [0.4, 0.5) is 24.7 Å². The van der Waals surface area contributed by atoms with Gasteiger partial charge in [-0.2, -0.15) is 0 Å². The number of carbonyl (C=O) groups excluding carboxylic acids is 1. The molecule has 3 N–H and O–H groups in total. The van der Waals surface area contributed by atoms with Crippen LogP contribution in [0.1, 0.15) is 47.3 Å². The summed E-state index contributed by atoms with van der Waals surface area (Å²) in [6.45, 7) is 6.67. The molecule has 2 aliphatic heterocycles. The van der Waals surface area contributed by atoms with Gasteiger partial charge in [-0.3, -0.25) is 14.1 Å². The lowest BCUT2D eigenvalue weighted by atomic mass is 9.79. The molecule has 1 fully saturated rings. The van der Waals surface area contributed by atoms with Gasteiger partial charge in [0, 0.05) is 43.8 Å². The highest BCUT2D eigenvalue weighted by Crippen LogP contribution is 2.36. The predicted molar refractivity (Wildman–Crippen MR) is 146 cm³/mol. The molecule has 4 aromatic rings. The van der Waals surface area contributed by atoms with E-state index in [9.17, 15) is 18.0 Å². The summed E-state index contributed by atoms with van der Waals surface area (Å²) in [7, 11) is 2.11. The molecule has 0 saturated carbocycles. The summed E-state index contributed by atoms with van der Waals surface area (Å²) in [4.78, 5) is 23.8. The Morgan fingerprint density at radius 1 is 1.15 bits per heavy atom. The number of benzene rings is 1. The highest BCUT2D eigenvalue weighted by Gasteiger charge is 2.34. The van der Waals surface area contributed by atoms with Gasteiger partial charge in [0.05, 0.1) is 28.7 Å². The minimum Gasteiger partial charge on any atom is -0.348 e. The van der Waals surface area contributed by atoms with Crippen molar-refractivity contribution >= 4 is 23.1 Å². The van der Waals surface area contributed by atoms with Gasteiger partial charge < -0.3 is 16.0 Å². The molecule has 8 nitrogen and oxygen atoms in total. The first kappa shape index (κ1) is 26.3. The Morgan fingerprint density at radius 3 is 2.70 bits per heavy atom. The van der Waals surface area contributed by atoms with Crippen LogP contribution in [0.3, 0.4) is 0 Å². The van der Waals surface area contributed by atoms with Gasteiger partial charge in [-0.05, 0) is 48.2 Å². The first-order valence-corrected chi connectivity index (χ1v) is 13.1. The Hall–Kier alpha value is -3.96. The quantitative estimate of drug-likeness (QED) is 0.318. The van der Waals surface area contributed by atoms with Crippen LogP contribution in [0, 0.1) is 11.2 Å². The molecule has 1 atom stereocenters. The van der Waals surface area contributed by atoms with Gasteiger partial charge in [0.15, 0.2) is 11.5 Å². The molecule has 208 valence electrons. The molecule has 0 spiro atoms. The maximum Gasteiger partial charge on any atom is 0.266 e. The Morgan fingerprint density at radius 2 is 1.98 bits per heavy atom. The molecule has 11 heteroatoms. The summed E-state index contributed by atoms with van der Waals surface area (Å²) in [6.07, 6.45) is 2.58. The van der Waals surface area contributed by atoms with Gasteiger partial charge >= 0.3 is 0 Å². The molecule has 5 heterocycles. The molecule has 40 heavy (non-hydrogen) atoms. The second kappa shape index (κ2) is 9.90. The Labute approximate surface area is 229 Å². The standard InChI is InChI=1S/C29H30F3N7O/c1-29(2)14-38(3)15-36-22(29)10-16-4-7-23(33-11-16)37-20-6-5-17(19-12-35-28(40)24(19)20)21-13-34-27-25(30)18(26(31)32)8-9-39(21)27/h4-9,11,13,22,26,36H,10,12,14-15H2,1-3H3,(H,33,37)(H,35,40). The highest BCUT2D eigenvalue weighted by molar-refractivity contribution is 6.06. The van der Waals surface area contributed by atoms with Crippen LogP contribution in [0.25, 0.3) is 16.9 Å². The number of nitrogens with zero attached hydrogens (tertiary/aromatic N) is 4. The summed E-state index contributed by atoms with van der Waals surface area (Å²) in [5, 5.41) is 9.73. The van der Waals surface area contributed by atoms with Crippen molar-refractivity contribution in [2.75, 3.05) is 25.6 Å². The van der Waals surface area contributed by atoms with Crippen molar-refractivity contribution in [1.82, 2.24) is 29.9 Å². The largest absolute Gasteiger partial charge is 0.348 e. The third-order valence-corrected chi connectivity index (χ3v) is 7.88. The van der Waals surface area contributed by atoms with Crippen molar-refractivity contribution in [2.24, 2.45) is 5.41 Å². The topological polar surface area (TPSA) is 86.6 Å². The van der Waals surface area contributed by atoms with Crippen LogP contribution in [-0.4, -0.2) is 51.5 Å². The van der Waals surface area contributed by atoms with E-state index < -0.39 is 17.8 Å². The number of anilines is 2. The van der Waals surface area contributed by atoms with E-state index in [0.29, 0.717) is 39.9 Å². The molecule has 1 saturated heterocycles. The van der Waals surface area contributed by atoms with Crippen LogP contribution in [0.2, 0.25) is 0 Å². The minimum absolute atomic E-state index is 0.122. The molecule has 1 unspecified atom stereocenters. The fourth-order valence-electron chi connectivity index (χ4n) is 5.84. The normalized spacial score (nSPS) is 18.8. The van der Waals surface area contributed by atoms with Crippen molar-refractivity contribution < 1.29 is 18.0 Å².